The molecule has 5 atom stereocenters. The summed E-state index contributed by atoms with van der Waals surface area (Å²) in [5.41, 5.74) is 2.73. The summed E-state index contributed by atoms with van der Waals surface area (Å²) in [6.07, 6.45) is 21.7. The summed E-state index contributed by atoms with van der Waals surface area (Å²) < 4.78 is 13.6. The van der Waals surface area contributed by atoms with E-state index in [0.717, 1.165) is 47.8 Å². The number of hydrogen-bond donors (Lipinski definition) is 0. The van der Waals surface area contributed by atoms with Crippen LogP contribution in [0.15, 0.2) is 18.2 Å². The highest BCUT2D eigenvalue weighted by Gasteiger charge is 2.40. The maximum absolute atomic E-state index is 13.6. The average molecular weight is 411 g/mol. The fourth-order valence-corrected chi connectivity index (χ4v) is 8.33. The van der Waals surface area contributed by atoms with Crippen molar-refractivity contribution in [2.75, 3.05) is 0 Å². The molecule has 0 saturated heterocycles. The zero-order chi connectivity index (χ0) is 20.5. The Balaban J connectivity index is 1.13. The lowest BCUT2D eigenvalue weighted by Crippen LogP contribution is -2.37. The predicted octanol–water partition coefficient (Wildman–Crippen LogP) is 8.37. The number of benzene rings is 1. The molecule has 4 aliphatic rings. The summed E-state index contributed by atoms with van der Waals surface area (Å²) in [6, 6.07) is 5.54. The molecule has 3 saturated carbocycles. The van der Waals surface area contributed by atoms with Crippen LogP contribution in [0.2, 0.25) is 0 Å². The van der Waals surface area contributed by atoms with Crippen LogP contribution in [0.5, 0.6) is 0 Å². The minimum atomic E-state index is -0.0525. The molecule has 0 amide bonds. The molecule has 5 rings (SSSR count). The van der Waals surface area contributed by atoms with E-state index in [-0.39, 0.29) is 5.82 Å². The smallest absolute Gasteiger partial charge is 0.123 e. The lowest BCUT2D eigenvalue weighted by atomic mass is 9.58. The van der Waals surface area contributed by atoms with Crippen LogP contribution in [0.4, 0.5) is 4.39 Å². The fourth-order valence-electron chi connectivity index (χ4n) is 8.33. The normalized spacial score (nSPS) is 39.2. The standard InChI is InChI=1S/C29H43F/c1-2-3-20-4-6-21(7-5-20)22-8-9-24-17-25(11-10-23(24)16-22)26-12-13-28-19-29(30)15-14-27(28)18-26/h14-15,19-26H,2-13,16-18H2,1H3. The van der Waals surface area contributed by atoms with Crippen LogP contribution in [-0.4, -0.2) is 0 Å². The van der Waals surface area contributed by atoms with Crippen LogP contribution in [0.1, 0.15) is 102 Å². The molecule has 0 radical (unpaired) electrons. The van der Waals surface area contributed by atoms with Gasteiger partial charge in [-0.2, -0.15) is 0 Å². The van der Waals surface area contributed by atoms with Gasteiger partial charge in [0.25, 0.3) is 0 Å². The third kappa shape index (κ3) is 4.51. The molecular weight excluding hydrogens is 367 g/mol. The summed E-state index contributed by atoms with van der Waals surface area (Å²) in [4.78, 5) is 0. The average Bonchev–Trinajstić information content (AvgIpc) is 2.79. The summed E-state index contributed by atoms with van der Waals surface area (Å²) in [7, 11) is 0. The van der Waals surface area contributed by atoms with Crippen molar-refractivity contribution in [2.24, 2.45) is 41.4 Å². The van der Waals surface area contributed by atoms with Crippen molar-refractivity contribution in [1.82, 2.24) is 0 Å². The van der Waals surface area contributed by atoms with Crippen molar-refractivity contribution in [3.63, 3.8) is 0 Å². The first-order chi connectivity index (χ1) is 14.7. The molecule has 1 heteroatoms. The van der Waals surface area contributed by atoms with Crippen LogP contribution in [0.3, 0.4) is 0 Å². The lowest BCUT2D eigenvalue weighted by Gasteiger charge is -2.47. The van der Waals surface area contributed by atoms with Gasteiger partial charge < -0.3 is 0 Å². The molecule has 0 N–H and O–H groups in total. The summed E-state index contributed by atoms with van der Waals surface area (Å²) in [5.74, 6) is 6.97. The second-order valence-corrected chi connectivity index (χ2v) is 11.7. The van der Waals surface area contributed by atoms with E-state index in [1.807, 2.05) is 0 Å². The zero-order valence-electron chi connectivity index (χ0n) is 19.3. The van der Waals surface area contributed by atoms with Gasteiger partial charge >= 0.3 is 0 Å². The van der Waals surface area contributed by atoms with Gasteiger partial charge in [0.15, 0.2) is 0 Å². The van der Waals surface area contributed by atoms with Crippen LogP contribution >= 0.6 is 0 Å². The number of aryl methyl sites for hydroxylation is 1. The molecule has 30 heavy (non-hydrogen) atoms. The SMILES string of the molecule is CCCC1CCC(C2CCC3CC(C4CCc5cc(F)ccc5C4)CCC3C2)CC1. The highest BCUT2D eigenvalue weighted by atomic mass is 19.1. The van der Waals surface area contributed by atoms with Crippen LogP contribution in [0, 0.1) is 47.2 Å². The van der Waals surface area contributed by atoms with Gasteiger partial charge in [-0.3, -0.25) is 0 Å². The highest BCUT2D eigenvalue weighted by molar-refractivity contribution is 5.30. The maximum Gasteiger partial charge on any atom is 0.123 e. The van der Waals surface area contributed by atoms with E-state index in [2.05, 4.69) is 13.0 Å². The van der Waals surface area contributed by atoms with Gasteiger partial charge in [-0.25, -0.2) is 4.39 Å². The second-order valence-electron chi connectivity index (χ2n) is 11.7. The quantitative estimate of drug-likeness (QED) is 0.467. The molecule has 0 bridgehead atoms. The van der Waals surface area contributed by atoms with Crippen LogP contribution in [0.25, 0.3) is 0 Å². The summed E-state index contributed by atoms with van der Waals surface area (Å²) in [6.45, 7) is 2.36. The molecular formula is C29H43F. The van der Waals surface area contributed by atoms with Crippen molar-refractivity contribution in [3.8, 4) is 0 Å². The van der Waals surface area contributed by atoms with Gasteiger partial charge in [0.2, 0.25) is 0 Å². The second kappa shape index (κ2) is 9.33. The van der Waals surface area contributed by atoms with Gasteiger partial charge in [0, 0.05) is 0 Å². The topological polar surface area (TPSA) is 0 Å². The molecule has 0 nitrogen and oxygen atoms in total. The van der Waals surface area contributed by atoms with Gasteiger partial charge in [0.05, 0.1) is 0 Å². The van der Waals surface area contributed by atoms with E-state index < -0.39 is 0 Å². The molecule has 5 unspecified atom stereocenters. The third-order valence-electron chi connectivity index (χ3n) is 10.1. The summed E-state index contributed by atoms with van der Waals surface area (Å²) in [5, 5.41) is 0. The fraction of sp³-hybridized carbons (Fsp3) is 0.793. The molecule has 0 aliphatic heterocycles. The first-order valence-electron chi connectivity index (χ1n) is 13.5. The van der Waals surface area contributed by atoms with Crippen molar-refractivity contribution >= 4 is 0 Å². The maximum atomic E-state index is 13.6. The number of rotatable bonds is 4. The van der Waals surface area contributed by atoms with E-state index in [4.69, 9.17) is 0 Å². The Labute approximate surface area is 184 Å². The van der Waals surface area contributed by atoms with Crippen molar-refractivity contribution in [1.29, 1.82) is 0 Å². The van der Waals surface area contributed by atoms with Gasteiger partial charge in [-0.05, 0) is 135 Å². The van der Waals surface area contributed by atoms with Gasteiger partial charge in [0.1, 0.15) is 5.82 Å². The van der Waals surface area contributed by atoms with Crippen molar-refractivity contribution in [3.05, 3.63) is 35.1 Å². The predicted molar refractivity (Wildman–Crippen MR) is 124 cm³/mol. The minimum absolute atomic E-state index is 0.0525. The van der Waals surface area contributed by atoms with Crippen molar-refractivity contribution < 1.29 is 4.39 Å². The van der Waals surface area contributed by atoms with Gasteiger partial charge in [-0.1, -0.05) is 38.7 Å². The molecule has 166 valence electrons. The Morgan fingerprint density at radius 2 is 1.30 bits per heavy atom. The molecule has 0 aromatic heterocycles. The largest absolute Gasteiger partial charge is 0.207 e. The highest BCUT2D eigenvalue weighted by Crippen LogP contribution is 2.51. The Kier molecular flexibility index (Phi) is 6.54. The van der Waals surface area contributed by atoms with E-state index in [9.17, 15) is 4.39 Å². The minimum Gasteiger partial charge on any atom is -0.207 e. The first-order valence-corrected chi connectivity index (χ1v) is 13.5. The molecule has 0 heterocycles. The Bertz CT molecular complexity index is 700. The molecule has 3 fully saturated rings. The Morgan fingerprint density at radius 3 is 1.97 bits per heavy atom. The lowest BCUT2D eigenvalue weighted by molar-refractivity contribution is 0.0440. The zero-order valence-corrected chi connectivity index (χ0v) is 19.3. The Morgan fingerprint density at radius 1 is 0.700 bits per heavy atom. The third-order valence-corrected chi connectivity index (χ3v) is 10.1. The monoisotopic (exact) mass is 410 g/mol. The van der Waals surface area contributed by atoms with E-state index in [1.54, 1.807) is 18.6 Å². The molecule has 1 aromatic carbocycles. The molecule has 0 spiro atoms. The van der Waals surface area contributed by atoms with Gasteiger partial charge in [-0.15, -0.1) is 0 Å². The Hall–Kier alpha value is -0.850. The number of hydrogen-bond acceptors (Lipinski definition) is 0. The van der Waals surface area contributed by atoms with E-state index in [0.29, 0.717) is 0 Å². The van der Waals surface area contributed by atoms with E-state index in [1.165, 1.54) is 94.6 Å². The summed E-state index contributed by atoms with van der Waals surface area (Å²) >= 11 is 0. The molecule has 4 aliphatic carbocycles. The van der Waals surface area contributed by atoms with E-state index >= 15 is 0 Å². The number of halogens is 1. The first kappa shape index (κ1) is 21.0. The van der Waals surface area contributed by atoms with Crippen molar-refractivity contribution in [2.45, 2.75) is 103 Å². The van der Waals surface area contributed by atoms with Crippen LogP contribution < -0.4 is 0 Å². The van der Waals surface area contributed by atoms with Crippen LogP contribution in [-0.2, 0) is 12.8 Å². The number of fused-ring (bicyclic) bond motifs is 2. The molecule has 1 aromatic rings.